The molecule has 0 radical (unpaired) electrons. The van der Waals surface area contributed by atoms with Gasteiger partial charge < -0.3 is 15.4 Å². The van der Waals surface area contributed by atoms with Gasteiger partial charge in [0.05, 0.1) is 24.0 Å². The molecule has 1 aromatic heterocycles. The highest BCUT2D eigenvalue weighted by molar-refractivity contribution is 5.89. The van der Waals surface area contributed by atoms with Gasteiger partial charge in [-0.3, -0.25) is 5.10 Å². The van der Waals surface area contributed by atoms with E-state index in [-0.39, 0.29) is 18.2 Å². The van der Waals surface area contributed by atoms with Crippen molar-refractivity contribution in [2.45, 2.75) is 25.0 Å². The van der Waals surface area contributed by atoms with Crippen molar-refractivity contribution in [1.82, 2.24) is 15.5 Å². The standard InChI is InChI=1S/C15H18N4O2/c20-15(18-12-9-16-17-10-12)19-14(13-7-4-8-21-13)11-5-2-1-3-6-11/h1-3,5-6,9-10,13-14H,4,7-8H2,(H,16,17)(H2,18,19,20)/t13-,14+/m1/s1. The van der Waals surface area contributed by atoms with Crippen LogP contribution in [0.3, 0.4) is 0 Å². The first kappa shape index (κ1) is 13.6. The monoisotopic (exact) mass is 286 g/mol. The van der Waals surface area contributed by atoms with Crippen molar-refractivity contribution in [3.63, 3.8) is 0 Å². The summed E-state index contributed by atoms with van der Waals surface area (Å²) in [6.45, 7) is 0.749. The number of ether oxygens (including phenoxy) is 1. The fraction of sp³-hybridized carbons (Fsp3) is 0.333. The van der Waals surface area contributed by atoms with E-state index in [1.165, 1.54) is 0 Å². The third kappa shape index (κ3) is 3.41. The Morgan fingerprint density at radius 3 is 2.90 bits per heavy atom. The fourth-order valence-electron chi connectivity index (χ4n) is 2.54. The van der Waals surface area contributed by atoms with Crippen LogP contribution in [0.15, 0.2) is 42.7 Å². The molecule has 0 saturated carbocycles. The third-order valence-electron chi connectivity index (χ3n) is 3.54. The molecule has 0 spiro atoms. The summed E-state index contributed by atoms with van der Waals surface area (Å²) in [5, 5.41) is 12.2. The lowest BCUT2D eigenvalue weighted by Gasteiger charge is -2.24. The van der Waals surface area contributed by atoms with Crippen LogP contribution in [-0.4, -0.2) is 28.9 Å². The summed E-state index contributed by atoms with van der Waals surface area (Å²) >= 11 is 0. The number of urea groups is 1. The van der Waals surface area contributed by atoms with E-state index in [0.29, 0.717) is 5.69 Å². The Bertz CT molecular complexity index is 565. The molecule has 21 heavy (non-hydrogen) atoms. The molecule has 6 heteroatoms. The molecule has 2 heterocycles. The maximum absolute atomic E-state index is 12.1. The second-order valence-corrected chi connectivity index (χ2v) is 5.03. The van der Waals surface area contributed by atoms with Crippen molar-refractivity contribution in [3.05, 3.63) is 48.3 Å². The van der Waals surface area contributed by atoms with Crippen molar-refractivity contribution in [2.24, 2.45) is 0 Å². The van der Waals surface area contributed by atoms with Gasteiger partial charge in [-0.25, -0.2) is 4.79 Å². The van der Waals surface area contributed by atoms with Crippen LogP contribution in [0.4, 0.5) is 10.5 Å². The van der Waals surface area contributed by atoms with E-state index in [2.05, 4.69) is 20.8 Å². The van der Waals surface area contributed by atoms with Gasteiger partial charge in [-0.15, -0.1) is 0 Å². The summed E-state index contributed by atoms with van der Waals surface area (Å²) in [5.41, 5.74) is 1.68. The number of rotatable bonds is 4. The number of hydrogen-bond donors (Lipinski definition) is 3. The average molecular weight is 286 g/mol. The predicted molar refractivity (Wildman–Crippen MR) is 78.9 cm³/mol. The number of nitrogens with one attached hydrogen (secondary N) is 3. The lowest BCUT2D eigenvalue weighted by atomic mass is 9.99. The van der Waals surface area contributed by atoms with Gasteiger partial charge in [-0.2, -0.15) is 5.10 Å². The normalized spacial score (nSPS) is 19.1. The fourth-order valence-corrected chi connectivity index (χ4v) is 2.54. The number of benzene rings is 1. The molecule has 3 N–H and O–H groups in total. The minimum atomic E-state index is -0.263. The molecule has 1 aliphatic rings. The van der Waals surface area contributed by atoms with Crippen LogP contribution in [-0.2, 0) is 4.74 Å². The second kappa shape index (κ2) is 6.41. The topological polar surface area (TPSA) is 79.0 Å². The van der Waals surface area contributed by atoms with E-state index in [1.54, 1.807) is 12.4 Å². The van der Waals surface area contributed by atoms with Gasteiger partial charge in [0.2, 0.25) is 0 Å². The first-order valence-electron chi connectivity index (χ1n) is 7.06. The Hall–Kier alpha value is -2.34. The van der Waals surface area contributed by atoms with Crippen molar-refractivity contribution >= 4 is 11.7 Å². The van der Waals surface area contributed by atoms with Crippen LogP contribution in [0, 0.1) is 0 Å². The van der Waals surface area contributed by atoms with Crippen molar-refractivity contribution in [1.29, 1.82) is 0 Å². The van der Waals surface area contributed by atoms with Crippen LogP contribution >= 0.6 is 0 Å². The van der Waals surface area contributed by atoms with Gasteiger partial charge in [0.1, 0.15) is 0 Å². The number of aromatic amines is 1. The molecule has 6 nitrogen and oxygen atoms in total. The number of aromatic nitrogens is 2. The summed E-state index contributed by atoms with van der Waals surface area (Å²) < 4.78 is 5.74. The molecular formula is C15H18N4O2. The Kier molecular flexibility index (Phi) is 4.16. The van der Waals surface area contributed by atoms with E-state index in [0.717, 1.165) is 25.0 Å². The molecule has 2 aromatic rings. The number of hydrogen-bond acceptors (Lipinski definition) is 3. The molecule has 1 aliphatic heterocycles. The van der Waals surface area contributed by atoms with Crippen molar-refractivity contribution in [2.75, 3.05) is 11.9 Å². The van der Waals surface area contributed by atoms with Crippen molar-refractivity contribution < 1.29 is 9.53 Å². The summed E-state index contributed by atoms with van der Waals surface area (Å²) in [6.07, 6.45) is 5.18. The van der Waals surface area contributed by atoms with E-state index in [1.807, 2.05) is 30.3 Å². The highest BCUT2D eigenvalue weighted by Gasteiger charge is 2.28. The summed E-state index contributed by atoms with van der Waals surface area (Å²) in [5.74, 6) is 0. The number of carbonyl (C=O) groups excluding carboxylic acids is 1. The molecular weight excluding hydrogens is 268 g/mol. The van der Waals surface area contributed by atoms with E-state index in [9.17, 15) is 4.79 Å². The summed E-state index contributed by atoms with van der Waals surface area (Å²) in [7, 11) is 0. The van der Waals surface area contributed by atoms with Gasteiger partial charge >= 0.3 is 6.03 Å². The summed E-state index contributed by atoms with van der Waals surface area (Å²) in [6, 6.07) is 9.48. The SMILES string of the molecule is O=C(Nc1cn[nH]c1)N[C@@H](c1ccccc1)[C@H]1CCCO1. The van der Waals surface area contributed by atoms with E-state index < -0.39 is 0 Å². The average Bonchev–Trinajstić information content (AvgIpc) is 3.19. The van der Waals surface area contributed by atoms with Crippen LogP contribution in [0.1, 0.15) is 24.4 Å². The predicted octanol–water partition coefficient (Wildman–Crippen LogP) is 2.45. The highest BCUT2D eigenvalue weighted by atomic mass is 16.5. The van der Waals surface area contributed by atoms with Crippen molar-refractivity contribution in [3.8, 4) is 0 Å². The Morgan fingerprint density at radius 1 is 1.38 bits per heavy atom. The zero-order valence-corrected chi connectivity index (χ0v) is 11.6. The summed E-state index contributed by atoms with van der Waals surface area (Å²) in [4.78, 5) is 12.1. The van der Waals surface area contributed by atoms with E-state index >= 15 is 0 Å². The molecule has 1 fully saturated rings. The molecule has 0 unspecified atom stereocenters. The molecule has 1 saturated heterocycles. The minimum Gasteiger partial charge on any atom is -0.376 e. The largest absolute Gasteiger partial charge is 0.376 e. The highest BCUT2D eigenvalue weighted by Crippen LogP contribution is 2.26. The minimum absolute atomic E-state index is 0.0162. The molecule has 3 rings (SSSR count). The van der Waals surface area contributed by atoms with E-state index in [4.69, 9.17) is 4.74 Å². The van der Waals surface area contributed by atoms with Crippen LogP contribution in [0.25, 0.3) is 0 Å². The van der Waals surface area contributed by atoms with Gasteiger partial charge in [0.15, 0.2) is 0 Å². The smallest absolute Gasteiger partial charge is 0.319 e. The first-order chi connectivity index (χ1) is 10.3. The van der Waals surface area contributed by atoms with Gasteiger partial charge in [0, 0.05) is 12.8 Å². The van der Waals surface area contributed by atoms with Gasteiger partial charge in [-0.05, 0) is 18.4 Å². The second-order valence-electron chi connectivity index (χ2n) is 5.03. The molecule has 2 atom stereocenters. The van der Waals surface area contributed by atoms with Crippen LogP contribution < -0.4 is 10.6 Å². The maximum atomic E-state index is 12.1. The lowest BCUT2D eigenvalue weighted by Crippen LogP contribution is -2.38. The lowest BCUT2D eigenvalue weighted by molar-refractivity contribution is 0.0815. The number of H-pyrrole nitrogens is 1. The van der Waals surface area contributed by atoms with Crippen LogP contribution in [0.5, 0.6) is 0 Å². The molecule has 0 bridgehead atoms. The molecule has 2 amide bonds. The maximum Gasteiger partial charge on any atom is 0.319 e. The quantitative estimate of drug-likeness (QED) is 0.807. The molecule has 0 aliphatic carbocycles. The zero-order valence-electron chi connectivity index (χ0n) is 11.6. The first-order valence-corrected chi connectivity index (χ1v) is 7.06. The Labute approximate surface area is 122 Å². The molecule has 1 aromatic carbocycles. The number of anilines is 1. The van der Waals surface area contributed by atoms with Gasteiger partial charge in [-0.1, -0.05) is 30.3 Å². The third-order valence-corrected chi connectivity index (χ3v) is 3.54. The Morgan fingerprint density at radius 2 is 2.24 bits per heavy atom. The number of nitrogens with zero attached hydrogens (tertiary/aromatic N) is 1. The molecule has 110 valence electrons. The number of amides is 2. The zero-order chi connectivity index (χ0) is 14.5. The van der Waals surface area contributed by atoms with Crippen LogP contribution in [0.2, 0.25) is 0 Å². The number of carbonyl (C=O) groups is 1. The Balaban J connectivity index is 1.71. The van der Waals surface area contributed by atoms with Gasteiger partial charge in [0.25, 0.3) is 0 Å².